The van der Waals surface area contributed by atoms with Crippen LogP contribution in [-0.4, -0.2) is 32.5 Å². The third kappa shape index (κ3) is 5.51. The smallest absolute Gasteiger partial charge is 0.321 e. The number of sulfonamides is 1. The van der Waals surface area contributed by atoms with E-state index in [1.165, 1.54) is 6.07 Å². The van der Waals surface area contributed by atoms with Gasteiger partial charge in [-0.25, -0.2) is 8.42 Å². The molecule has 0 saturated carbocycles. The first-order valence-electron chi connectivity index (χ1n) is 10.8. The lowest BCUT2D eigenvalue weighted by atomic mass is 10.1. The van der Waals surface area contributed by atoms with Gasteiger partial charge in [0.1, 0.15) is 17.9 Å². The standard InChI is InChI=1S/C25H23N5O4S/c1-2-34-24(31)16-28-35(32,33)23-14-22(25(26)20-11-7-6-10-19(20)23)30-29-18-12-13-21(27-15-18)17-8-4-3-5-9-17/h3-15,28H,2,16,26H2,1H3/b30-29+. The largest absolute Gasteiger partial charge is 0.465 e. The van der Waals surface area contributed by atoms with Crippen LogP contribution in [0.5, 0.6) is 0 Å². The Labute approximate surface area is 202 Å². The van der Waals surface area contributed by atoms with Crippen LogP contribution in [0.3, 0.4) is 0 Å². The van der Waals surface area contributed by atoms with E-state index in [0.29, 0.717) is 16.5 Å². The maximum Gasteiger partial charge on any atom is 0.321 e. The number of esters is 1. The summed E-state index contributed by atoms with van der Waals surface area (Å²) in [5, 5.41) is 9.29. The number of carbonyl (C=O) groups excluding carboxylic acids is 1. The van der Waals surface area contributed by atoms with Gasteiger partial charge >= 0.3 is 5.97 Å². The van der Waals surface area contributed by atoms with Gasteiger partial charge in [-0.1, -0.05) is 54.6 Å². The van der Waals surface area contributed by atoms with E-state index < -0.39 is 22.5 Å². The molecule has 0 bridgehead atoms. The van der Waals surface area contributed by atoms with Crippen LogP contribution < -0.4 is 10.5 Å². The molecule has 0 atom stereocenters. The second kappa shape index (κ2) is 10.4. The Morgan fingerprint density at radius 1 is 1.00 bits per heavy atom. The van der Waals surface area contributed by atoms with E-state index in [9.17, 15) is 13.2 Å². The van der Waals surface area contributed by atoms with Gasteiger partial charge in [0.15, 0.2) is 0 Å². The number of nitrogens with two attached hydrogens (primary N) is 1. The molecule has 4 aromatic rings. The van der Waals surface area contributed by atoms with E-state index >= 15 is 0 Å². The highest BCUT2D eigenvalue weighted by molar-refractivity contribution is 7.89. The monoisotopic (exact) mass is 489 g/mol. The minimum absolute atomic E-state index is 0.0712. The average molecular weight is 490 g/mol. The molecule has 0 fully saturated rings. The first-order valence-corrected chi connectivity index (χ1v) is 12.3. The van der Waals surface area contributed by atoms with Gasteiger partial charge in [0.25, 0.3) is 0 Å². The van der Waals surface area contributed by atoms with Crippen LogP contribution in [0.15, 0.2) is 94.1 Å². The fraction of sp³-hybridized carbons (Fsp3) is 0.120. The zero-order chi connectivity index (χ0) is 24.8. The van der Waals surface area contributed by atoms with Gasteiger partial charge < -0.3 is 10.5 Å². The molecule has 0 aliphatic heterocycles. The summed E-state index contributed by atoms with van der Waals surface area (Å²) in [6.45, 7) is 1.30. The summed E-state index contributed by atoms with van der Waals surface area (Å²) >= 11 is 0. The van der Waals surface area contributed by atoms with E-state index in [-0.39, 0.29) is 22.9 Å². The maximum atomic E-state index is 13.0. The van der Waals surface area contributed by atoms with Crippen molar-refractivity contribution in [3.05, 3.63) is 79.0 Å². The Morgan fingerprint density at radius 3 is 2.40 bits per heavy atom. The summed E-state index contributed by atoms with van der Waals surface area (Å²) in [7, 11) is -4.08. The minimum atomic E-state index is -4.08. The topological polar surface area (TPSA) is 136 Å². The molecular weight excluding hydrogens is 466 g/mol. The number of pyridine rings is 1. The lowest BCUT2D eigenvalue weighted by Crippen LogP contribution is -2.30. The number of nitrogens with one attached hydrogen (secondary N) is 1. The Hall–Kier alpha value is -4.15. The second-order valence-electron chi connectivity index (χ2n) is 7.45. The molecule has 0 aliphatic rings. The Bertz CT molecular complexity index is 1490. The Kier molecular flexibility index (Phi) is 7.14. The molecule has 9 nitrogen and oxygen atoms in total. The van der Waals surface area contributed by atoms with Gasteiger partial charge in [0, 0.05) is 16.3 Å². The number of hydrogen-bond acceptors (Lipinski definition) is 8. The number of benzene rings is 3. The molecule has 0 radical (unpaired) electrons. The molecule has 178 valence electrons. The molecule has 10 heteroatoms. The molecular formula is C25H23N5O4S. The number of carbonyl (C=O) groups is 1. The second-order valence-corrected chi connectivity index (χ2v) is 9.19. The molecule has 1 aromatic heterocycles. The van der Waals surface area contributed by atoms with Crippen molar-refractivity contribution >= 4 is 43.8 Å². The van der Waals surface area contributed by atoms with E-state index in [1.807, 2.05) is 36.4 Å². The van der Waals surface area contributed by atoms with Crippen molar-refractivity contribution in [2.75, 3.05) is 18.9 Å². The normalized spacial score (nSPS) is 11.7. The number of fused-ring (bicyclic) bond motifs is 1. The summed E-state index contributed by atoms with van der Waals surface area (Å²) in [5.41, 5.74) is 8.99. The zero-order valence-electron chi connectivity index (χ0n) is 18.9. The van der Waals surface area contributed by atoms with E-state index in [4.69, 9.17) is 10.5 Å². The average Bonchev–Trinajstić information content (AvgIpc) is 2.88. The van der Waals surface area contributed by atoms with E-state index in [0.717, 1.165) is 11.3 Å². The lowest BCUT2D eigenvalue weighted by molar-refractivity contribution is -0.141. The molecule has 0 aliphatic carbocycles. The molecule has 0 unspecified atom stereocenters. The van der Waals surface area contributed by atoms with E-state index in [2.05, 4.69) is 19.9 Å². The molecule has 3 N–H and O–H groups in total. The van der Waals surface area contributed by atoms with Crippen molar-refractivity contribution in [2.45, 2.75) is 11.8 Å². The molecule has 4 rings (SSSR count). The highest BCUT2D eigenvalue weighted by atomic mass is 32.2. The number of hydrogen-bond donors (Lipinski definition) is 2. The highest BCUT2D eigenvalue weighted by Gasteiger charge is 2.22. The predicted octanol–water partition coefficient (Wildman–Crippen LogP) is 4.74. The third-order valence-electron chi connectivity index (χ3n) is 5.12. The van der Waals surface area contributed by atoms with Gasteiger partial charge in [0.05, 0.1) is 29.1 Å². The van der Waals surface area contributed by atoms with Crippen LogP contribution in [0.2, 0.25) is 0 Å². The fourth-order valence-corrected chi connectivity index (χ4v) is 4.63. The van der Waals surface area contributed by atoms with Gasteiger partial charge in [-0.2, -0.15) is 4.72 Å². The quantitative estimate of drug-likeness (QED) is 0.208. The Morgan fingerprint density at radius 2 is 1.71 bits per heavy atom. The SMILES string of the molecule is CCOC(=O)CNS(=O)(=O)c1cc(/N=N/c2ccc(-c3ccccc3)nc2)c(N)c2ccccc12. The number of nitrogens with zero attached hydrogens (tertiary/aromatic N) is 3. The summed E-state index contributed by atoms with van der Waals surface area (Å²) in [6, 6.07) is 21.4. The Balaban J connectivity index is 1.67. The summed E-state index contributed by atoms with van der Waals surface area (Å²) < 4.78 is 33.1. The molecule has 0 amide bonds. The lowest BCUT2D eigenvalue weighted by Gasteiger charge is -2.12. The predicted molar refractivity (Wildman–Crippen MR) is 134 cm³/mol. The summed E-state index contributed by atoms with van der Waals surface area (Å²) in [5.74, 6) is -0.679. The van der Waals surface area contributed by atoms with Crippen molar-refractivity contribution in [3.8, 4) is 11.3 Å². The van der Waals surface area contributed by atoms with Crippen molar-refractivity contribution < 1.29 is 17.9 Å². The number of azo groups is 1. The van der Waals surface area contributed by atoms with Gasteiger partial charge in [-0.15, -0.1) is 10.2 Å². The number of rotatable bonds is 8. The molecule has 35 heavy (non-hydrogen) atoms. The van der Waals surface area contributed by atoms with Crippen LogP contribution in [0, 0.1) is 0 Å². The molecule has 0 saturated heterocycles. The maximum absolute atomic E-state index is 13.0. The van der Waals surface area contributed by atoms with Crippen LogP contribution in [0.25, 0.3) is 22.0 Å². The minimum Gasteiger partial charge on any atom is -0.465 e. The van der Waals surface area contributed by atoms with Crippen LogP contribution in [0.4, 0.5) is 17.1 Å². The van der Waals surface area contributed by atoms with Crippen LogP contribution >= 0.6 is 0 Å². The first kappa shape index (κ1) is 24.0. The van der Waals surface area contributed by atoms with Gasteiger partial charge in [-0.05, 0) is 25.1 Å². The number of aromatic nitrogens is 1. The van der Waals surface area contributed by atoms with Gasteiger partial charge in [-0.3, -0.25) is 9.78 Å². The van der Waals surface area contributed by atoms with Crippen LogP contribution in [0.1, 0.15) is 6.92 Å². The van der Waals surface area contributed by atoms with Crippen molar-refractivity contribution in [1.82, 2.24) is 9.71 Å². The van der Waals surface area contributed by atoms with Crippen LogP contribution in [-0.2, 0) is 19.6 Å². The number of ether oxygens (including phenoxy) is 1. The molecule has 1 heterocycles. The van der Waals surface area contributed by atoms with E-state index in [1.54, 1.807) is 43.5 Å². The number of anilines is 1. The van der Waals surface area contributed by atoms with Crippen molar-refractivity contribution in [1.29, 1.82) is 0 Å². The first-order chi connectivity index (χ1) is 16.9. The van der Waals surface area contributed by atoms with Gasteiger partial charge in [0.2, 0.25) is 10.0 Å². The van der Waals surface area contributed by atoms with Crippen molar-refractivity contribution in [2.24, 2.45) is 10.2 Å². The fourth-order valence-electron chi connectivity index (χ4n) is 3.44. The zero-order valence-corrected chi connectivity index (χ0v) is 19.7. The molecule has 3 aromatic carbocycles. The summed E-state index contributed by atoms with van der Waals surface area (Å²) in [6.07, 6.45) is 1.57. The third-order valence-corrected chi connectivity index (χ3v) is 6.56. The molecule has 0 spiro atoms. The van der Waals surface area contributed by atoms with Crippen molar-refractivity contribution in [3.63, 3.8) is 0 Å². The highest BCUT2D eigenvalue weighted by Crippen LogP contribution is 2.36. The number of nitrogen functional groups attached to an aromatic ring is 1. The summed E-state index contributed by atoms with van der Waals surface area (Å²) in [4.78, 5) is 16.0.